The third-order valence-corrected chi connectivity index (χ3v) is 3.12. The number of allylic oxidation sites excluding steroid dienone is 1. The fraction of sp³-hybridized carbons (Fsp3) is 0.667. The number of hydrogen-bond acceptors (Lipinski definition) is 2. The van der Waals surface area contributed by atoms with Gasteiger partial charge in [0.25, 0.3) is 0 Å². The first-order valence-corrected chi connectivity index (χ1v) is 5.43. The van der Waals surface area contributed by atoms with Crippen LogP contribution in [-0.2, 0) is 0 Å². The number of rotatable bonds is 4. The van der Waals surface area contributed by atoms with Gasteiger partial charge >= 0.3 is 0 Å². The molecule has 1 atom stereocenters. The van der Waals surface area contributed by atoms with Crippen molar-refractivity contribution in [1.29, 1.82) is 0 Å². The molecule has 14 heavy (non-hydrogen) atoms. The minimum Gasteiger partial charge on any atom is -0.363 e. The van der Waals surface area contributed by atoms with Gasteiger partial charge in [0.1, 0.15) is 0 Å². The van der Waals surface area contributed by atoms with Crippen molar-refractivity contribution < 1.29 is 0 Å². The minimum absolute atomic E-state index is 0.241. The van der Waals surface area contributed by atoms with Crippen LogP contribution in [0.1, 0.15) is 32.6 Å². The van der Waals surface area contributed by atoms with Gasteiger partial charge in [0, 0.05) is 23.4 Å². The molecule has 0 spiro atoms. The van der Waals surface area contributed by atoms with Gasteiger partial charge in [0.05, 0.1) is 0 Å². The maximum atomic E-state index is 4.14. The van der Waals surface area contributed by atoms with Crippen LogP contribution in [0.2, 0.25) is 0 Å². The van der Waals surface area contributed by atoms with Crippen molar-refractivity contribution in [2.45, 2.75) is 32.6 Å². The van der Waals surface area contributed by atoms with Gasteiger partial charge in [-0.25, -0.2) is 0 Å². The molecule has 0 amide bonds. The van der Waals surface area contributed by atoms with Crippen molar-refractivity contribution in [3.05, 3.63) is 24.6 Å². The van der Waals surface area contributed by atoms with E-state index in [-0.39, 0.29) is 5.41 Å². The highest BCUT2D eigenvalue weighted by Crippen LogP contribution is 2.39. The SMILES string of the molecule is C=C1CCC(CCC)(CNC)C(=C)N1. The van der Waals surface area contributed by atoms with E-state index >= 15 is 0 Å². The van der Waals surface area contributed by atoms with Gasteiger partial charge in [0.15, 0.2) is 0 Å². The Morgan fingerprint density at radius 1 is 1.50 bits per heavy atom. The van der Waals surface area contributed by atoms with Crippen molar-refractivity contribution in [3.8, 4) is 0 Å². The van der Waals surface area contributed by atoms with E-state index in [1.165, 1.54) is 19.3 Å². The first-order chi connectivity index (χ1) is 6.64. The largest absolute Gasteiger partial charge is 0.363 e. The van der Waals surface area contributed by atoms with E-state index in [0.29, 0.717) is 0 Å². The summed E-state index contributed by atoms with van der Waals surface area (Å²) >= 11 is 0. The molecule has 0 aromatic rings. The maximum Gasteiger partial charge on any atom is 0.0226 e. The van der Waals surface area contributed by atoms with E-state index in [1.807, 2.05) is 7.05 Å². The molecule has 0 aliphatic carbocycles. The van der Waals surface area contributed by atoms with Crippen LogP contribution in [0.5, 0.6) is 0 Å². The maximum absolute atomic E-state index is 4.14. The van der Waals surface area contributed by atoms with Crippen molar-refractivity contribution in [3.63, 3.8) is 0 Å². The Hall–Kier alpha value is -0.760. The second-order valence-electron chi connectivity index (χ2n) is 4.27. The second-order valence-corrected chi connectivity index (χ2v) is 4.27. The lowest BCUT2D eigenvalue weighted by Crippen LogP contribution is -2.42. The van der Waals surface area contributed by atoms with Gasteiger partial charge in [-0.05, 0) is 26.3 Å². The van der Waals surface area contributed by atoms with E-state index in [2.05, 4.69) is 30.7 Å². The quantitative estimate of drug-likeness (QED) is 0.718. The molecule has 2 N–H and O–H groups in total. The molecular weight excluding hydrogens is 172 g/mol. The Morgan fingerprint density at radius 3 is 2.71 bits per heavy atom. The van der Waals surface area contributed by atoms with E-state index in [9.17, 15) is 0 Å². The smallest absolute Gasteiger partial charge is 0.0226 e. The zero-order valence-corrected chi connectivity index (χ0v) is 9.45. The van der Waals surface area contributed by atoms with E-state index < -0.39 is 0 Å². The third kappa shape index (κ3) is 2.18. The molecule has 1 fully saturated rings. The molecule has 1 unspecified atom stereocenters. The molecular formula is C12H22N2. The summed E-state index contributed by atoms with van der Waals surface area (Å²) < 4.78 is 0. The van der Waals surface area contributed by atoms with Crippen LogP contribution >= 0.6 is 0 Å². The topological polar surface area (TPSA) is 24.1 Å². The van der Waals surface area contributed by atoms with Crippen LogP contribution in [0.15, 0.2) is 24.6 Å². The Labute approximate surface area is 87.5 Å². The van der Waals surface area contributed by atoms with Crippen LogP contribution in [0.3, 0.4) is 0 Å². The van der Waals surface area contributed by atoms with Gasteiger partial charge < -0.3 is 10.6 Å². The molecule has 0 aromatic heterocycles. The molecule has 2 heteroatoms. The highest BCUT2D eigenvalue weighted by Gasteiger charge is 2.34. The molecule has 0 aromatic carbocycles. The molecule has 0 radical (unpaired) electrons. The molecule has 2 nitrogen and oxygen atoms in total. The highest BCUT2D eigenvalue weighted by atomic mass is 15.0. The molecule has 1 rings (SSSR count). The van der Waals surface area contributed by atoms with Crippen LogP contribution in [0.25, 0.3) is 0 Å². The average Bonchev–Trinajstić information content (AvgIpc) is 2.13. The summed E-state index contributed by atoms with van der Waals surface area (Å²) in [6.07, 6.45) is 4.65. The molecule has 1 aliphatic heterocycles. The summed E-state index contributed by atoms with van der Waals surface area (Å²) in [5.74, 6) is 0. The lowest BCUT2D eigenvalue weighted by atomic mass is 9.74. The van der Waals surface area contributed by atoms with Crippen molar-refractivity contribution in [2.75, 3.05) is 13.6 Å². The normalized spacial score (nSPS) is 27.6. The van der Waals surface area contributed by atoms with Crippen LogP contribution < -0.4 is 10.6 Å². The predicted molar refractivity (Wildman–Crippen MR) is 61.9 cm³/mol. The fourth-order valence-corrected chi connectivity index (χ4v) is 2.33. The number of piperidine rings is 1. The second kappa shape index (κ2) is 4.65. The summed E-state index contributed by atoms with van der Waals surface area (Å²) in [6.45, 7) is 11.3. The summed E-state index contributed by atoms with van der Waals surface area (Å²) in [5.41, 5.74) is 2.49. The Bertz CT molecular complexity index is 224. The Kier molecular flexibility index (Phi) is 3.76. The van der Waals surface area contributed by atoms with Crippen molar-refractivity contribution >= 4 is 0 Å². The molecule has 1 heterocycles. The van der Waals surface area contributed by atoms with Crippen molar-refractivity contribution in [1.82, 2.24) is 10.6 Å². The number of nitrogens with one attached hydrogen (secondary N) is 2. The first kappa shape index (κ1) is 11.3. The molecule has 1 saturated heterocycles. The molecule has 80 valence electrons. The zero-order valence-electron chi connectivity index (χ0n) is 9.45. The average molecular weight is 194 g/mol. The fourth-order valence-electron chi connectivity index (χ4n) is 2.33. The van der Waals surface area contributed by atoms with Gasteiger partial charge in [-0.15, -0.1) is 0 Å². The van der Waals surface area contributed by atoms with Crippen molar-refractivity contribution in [2.24, 2.45) is 5.41 Å². The Morgan fingerprint density at radius 2 is 2.21 bits per heavy atom. The van der Waals surface area contributed by atoms with E-state index in [0.717, 1.165) is 24.4 Å². The van der Waals surface area contributed by atoms with Gasteiger partial charge in [0.2, 0.25) is 0 Å². The van der Waals surface area contributed by atoms with Crippen LogP contribution in [0, 0.1) is 5.41 Å². The lowest BCUT2D eigenvalue weighted by Gasteiger charge is -2.40. The highest BCUT2D eigenvalue weighted by molar-refractivity contribution is 5.20. The summed E-state index contributed by atoms with van der Waals surface area (Å²) in [6, 6.07) is 0. The monoisotopic (exact) mass is 194 g/mol. The van der Waals surface area contributed by atoms with Gasteiger partial charge in [-0.3, -0.25) is 0 Å². The standard InChI is InChI=1S/C12H22N2/c1-5-7-12(9-13-4)8-6-10(2)14-11(12)3/h13-14H,2-3,5-9H2,1,4H3. The van der Waals surface area contributed by atoms with E-state index in [1.54, 1.807) is 0 Å². The minimum atomic E-state index is 0.241. The number of hydrogen-bond donors (Lipinski definition) is 2. The zero-order chi connectivity index (χ0) is 10.6. The van der Waals surface area contributed by atoms with Crippen LogP contribution in [0.4, 0.5) is 0 Å². The molecule has 0 saturated carbocycles. The van der Waals surface area contributed by atoms with Gasteiger partial charge in [-0.1, -0.05) is 26.5 Å². The summed E-state index contributed by atoms with van der Waals surface area (Å²) in [5, 5.41) is 6.59. The first-order valence-electron chi connectivity index (χ1n) is 5.43. The Balaban J connectivity index is 2.75. The van der Waals surface area contributed by atoms with E-state index in [4.69, 9.17) is 0 Å². The predicted octanol–water partition coefficient (Wildman–Crippen LogP) is 2.40. The molecule has 0 bridgehead atoms. The lowest BCUT2D eigenvalue weighted by molar-refractivity contribution is 0.255. The van der Waals surface area contributed by atoms with Gasteiger partial charge in [-0.2, -0.15) is 0 Å². The summed E-state index contributed by atoms with van der Waals surface area (Å²) in [7, 11) is 2.01. The van der Waals surface area contributed by atoms with Crippen LogP contribution in [-0.4, -0.2) is 13.6 Å². The third-order valence-electron chi connectivity index (χ3n) is 3.12. The molecule has 1 aliphatic rings. The summed E-state index contributed by atoms with van der Waals surface area (Å²) in [4.78, 5) is 0.